The predicted octanol–water partition coefficient (Wildman–Crippen LogP) is 2.77. The van der Waals surface area contributed by atoms with Crippen molar-refractivity contribution in [1.82, 2.24) is 4.90 Å². The molecule has 0 bridgehead atoms. The molecule has 96 valence electrons. The van der Waals surface area contributed by atoms with Crippen LogP contribution in [0.2, 0.25) is 0 Å². The molecule has 0 N–H and O–H groups in total. The van der Waals surface area contributed by atoms with Crippen LogP contribution in [0.3, 0.4) is 0 Å². The summed E-state index contributed by atoms with van der Waals surface area (Å²) in [5, 5.41) is 0. The number of benzene rings is 1. The largest absolute Gasteiger partial charge is 0.416 e. The second-order valence-corrected chi connectivity index (χ2v) is 3.45. The number of hydrogen-bond acceptors (Lipinski definition) is 2. The van der Waals surface area contributed by atoms with Crippen molar-refractivity contribution in [2.45, 2.75) is 6.18 Å². The quantitative estimate of drug-likeness (QED) is 0.762. The maximum Gasteiger partial charge on any atom is 0.416 e. The van der Waals surface area contributed by atoms with Crippen LogP contribution in [0, 0.1) is 12.3 Å². The standard InChI is InChI=1S/C12H10F3NO2/c1-3-7-16(2)11(17)18-10-6-4-5-9(8-10)12(13,14)15/h1,4-6,8H,7H2,2H3. The molecule has 0 radical (unpaired) electrons. The molecule has 0 aliphatic carbocycles. The zero-order valence-corrected chi connectivity index (χ0v) is 9.49. The lowest BCUT2D eigenvalue weighted by atomic mass is 10.2. The minimum atomic E-state index is -4.48. The SMILES string of the molecule is C#CCN(C)C(=O)Oc1cccc(C(F)(F)F)c1. The molecule has 0 saturated heterocycles. The topological polar surface area (TPSA) is 29.5 Å². The number of nitrogens with zero attached hydrogens (tertiary/aromatic N) is 1. The fourth-order valence-electron chi connectivity index (χ4n) is 1.12. The van der Waals surface area contributed by atoms with Gasteiger partial charge < -0.3 is 4.74 Å². The van der Waals surface area contributed by atoms with Crippen LogP contribution in [0.1, 0.15) is 5.56 Å². The van der Waals surface area contributed by atoms with E-state index in [1.54, 1.807) is 0 Å². The second kappa shape index (κ2) is 5.45. The lowest BCUT2D eigenvalue weighted by Gasteiger charge is -2.14. The molecule has 0 aliphatic rings. The van der Waals surface area contributed by atoms with Crippen molar-refractivity contribution >= 4 is 6.09 Å². The van der Waals surface area contributed by atoms with Gasteiger partial charge in [-0.3, -0.25) is 4.90 Å². The number of terminal acetylenes is 1. The number of halogens is 3. The van der Waals surface area contributed by atoms with Gasteiger partial charge in [-0.05, 0) is 18.2 Å². The number of amides is 1. The molecule has 1 rings (SSSR count). The van der Waals surface area contributed by atoms with Crippen molar-refractivity contribution in [1.29, 1.82) is 0 Å². The Bertz CT molecular complexity index is 477. The van der Waals surface area contributed by atoms with Gasteiger partial charge in [0, 0.05) is 7.05 Å². The number of carbonyl (C=O) groups is 1. The summed E-state index contributed by atoms with van der Waals surface area (Å²) in [6, 6.07) is 4.06. The fourth-order valence-corrected chi connectivity index (χ4v) is 1.12. The Morgan fingerprint density at radius 3 is 2.72 bits per heavy atom. The molecule has 3 nitrogen and oxygen atoms in total. The van der Waals surface area contributed by atoms with E-state index in [9.17, 15) is 18.0 Å². The lowest BCUT2D eigenvalue weighted by molar-refractivity contribution is -0.137. The van der Waals surface area contributed by atoms with E-state index in [-0.39, 0.29) is 12.3 Å². The molecule has 0 spiro atoms. The van der Waals surface area contributed by atoms with Crippen LogP contribution in [0.25, 0.3) is 0 Å². The summed E-state index contributed by atoms with van der Waals surface area (Å²) >= 11 is 0. The maximum atomic E-state index is 12.4. The van der Waals surface area contributed by atoms with E-state index >= 15 is 0 Å². The summed E-state index contributed by atoms with van der Waals surface area (Å²) in [4.78, 5) is 12.5. The smallest absolute Gasteiger partial charge is 0.410 e. The van der Waals surface area contributed by atoms with Crippen LogP contribution >= 0.6 is 0 Å². The van der Waals surface area contributed by atoms with Crippen molar-refractivity contribution < 1.29 is 22.7 Å². The number of carbonyl (C=O) groups excluding carboxylic acids is 1. The van der Waals surface area contributed by atoms with Gasteiger partial charge in [0.05, 0.1) is 12.1 Å². The monoisotopic (exact) mass is 257 g/mol. The molecule has 0 saturated carbocycles. The average Bonchev–Trinajstić information content (AvgIpc) is 2.28. The minimum Gasteiger partial charge on any atom is -0.410 e. The summed E-state index contributed by atoms with van der Waals surface area (Å²) in [7, 11) is 1.38. The molecule has 0 atom stereocenters. The Morgan fingerprint density at radius 1 is 1.50 bits per heavy atom. The number of ether oxygens (including phenoxy) is 1. The highest BCUT2D eigenvalue weighted by molar-refractivity contribution is 5.70. The van der Waals surface area contributed by atoms with Gasteiger partial charge in [0.2, 0.25) is 0 Å². The third-order valence-corrected chi connectivity index (χ3v) is 2.01. The second-order valence-electron chi connectivity index (χ2n) is 3.45. The molecule has 18 heavy (non-hydrogen) atoms. The molecular formula is C12H10F3NO2. The van der Waals surface area contributed by atoms with Gasteiger partial charge in [-0.2, -0.15) is 13.2 Å². The van der Waals surface area contributed by atoms with Gasteiger partial charge >= 0.3 is 12.3 Å². The van der Waals surface area contributed by atoms with Crippen LogP contribution < -0.4 is 4.74 Å². The predicted molar refractivity (Wildman–Crippen MR) is 58.9 cm³/mol. The highest BCUT2D eigenvalue weighted by Gasteiger charge is 2.30. The highest BCUT2D eigenvalue weighted by Crippen LogP contribution is 2.31. The average molecular weight is 257 g/mol. The van der Waals surface area contributed by atoms with Gasteiger partial charge in [-0.1, -0.05) is 12.0 Å². The molecule has 1 aromatic rings. The summed E-state index contributed by atoms with van der Waals surface area (Å²) in [5.74, 6) is 2.03. The fraction of sp³-hybridized carbons (Fsp3) is 0.250. The van der Waals surface area contributed by atoms with Gasteiger partial charge in [0.1, 0.15) is 5.75 Å². The van der Waals surface area contributed by atoms with Crippen LogP contribution in [0.15, 0.2) is 24.3 Å². The van der Waals surface area contributed by atoms with Gasteiger partial charge in [0.25, 0.3) is 0 Å². The molecule has 6 heteroatoms. The Morgan fingerprint density at radius 2 is 2.17 bits per heavy atom. The van der Waals surface area contributed by atoms with E-state index in [1.807, 2.05) is 0 Å². The number of alkyl halides is 3. The van der Waals surface area contributed by atoms with Crippen molar-refractivity contribution in [2.75, 3.05) is 13.6 Å². The van der Waals surface area contributed by atoms with E-state index < -0.39 is 17.8 Å². The summed E-state index contributed by atoms with van der Waals surface area (Å²) in [5.41, 5.74) is -0.882. The molecule has 0 aliphatic heterocycles. The lowest BCUT2D eigenvalue weighted by Crippen LogP contribution is -2.29. The van der Waals surface area contributed by atoms with Gasteiger partial charge in [0.15, 0.2) is 0 Å². The van der Waals surface area contributed by atoms with Crippen LogP contribution in [-0.2, 0) is 6.18 Å². The Hall–Kier alpha value is -2.16. The molecule has 1 aromatic carbocycles. The van der Waals surface area contributed by atoms with E-state index in [1.165, 1.54) is 13.1 Å². The minimum absolute atomic E-state index is 0.0117. The van der Waals surface area contributed by atoms with E-state index in [0.717, 1.165) is 23.1 Å². The summed E-state index contributed by atoms with van der Waals surface area (Å²) < 4.78 is 42.0. The van der Waals surface area contributed by atoms with Crippen LogP contribution in [-0.4, -0.2) is 24.6 Å². The Labute approximate surface area is 102 Å². The first-order valence-corrected chi connectivity index (χ1v) is 4.88. The summed E-state index contributed by atoms with van der Waals surface area (Å²) in [6.45, 7) is 0.0117. The van der Waals surface area contributed by atoms with Crippen molar-refractivity contribution in [2.24, 2.45) is 0 Å². The number of hydrogen-bond donors (Lipinski definition) is 0. The zero-order chi connectivity index (χ0) is 13.8. The Balaban J connectivity index is 2.81. The zero-order valence-electron chi connectivity index (χ0n) is 9.49. The molecule has 1 amide bonds. The molecule has 0 unspecified atom stereocenters. The van der Waals surface area contributed by atoms with Gasteiger partial charge in [-0.15, -0.1) is 6.42 Å². The van der Waals surface area contributed by atoms with Gasteiger partial charge in [-0.25, -0.2) is 4.79 Å². The van der Waals surface area contributed by atoms with Crippen LogP contribution in [0.5, 0.6) is 5.75 Å². The summed E-state index contributed by atoms with van der Waals surface area (Å²) in [6.07, 6.45) is -0.298. The molecule has 0 aromatic heterocycles. The maximum absolute atomic E-state index is 12.4. The third-order valence-electron chi connectivity index (χ3n) is 2.01. The van der Waals surface area contributed by atoms with E-state index in [0.29, 0.717) is 0 Å². The molecule has 0 heterocycles. The Kier molecular flexibility index (Phi) is 4.21. The van der Waals surface area contributed by atoms with E-state index in [2.05, 4.69) is 5.92 Å². The van der Waals surface area contributed by atoms with Crippen molar-refractivity contribution in [3.8, 4) is 18.1 Å². The number of rotatable bonds is 2. The molecular weight excluding hydrogens is 247 g/mol. The first kappa shape index (κ1) is 13.9. The van der Waals surface area contributed by atoms with Crippen molar-refractivity contribution in [3.63, 3.8) is 0 Å². The first-order chi connectivity index (χ1) is 8.34. The van der Waals surface area contributed by atoms with Crippen LogP contribution in [0.4, 0.5) is 18.0 Å². The highest BCUT2D eigenvalue weighted by atomic mass is 19.4. The normalized spacial score (nSPS) is 10.6. The van der Waals surface area contributed by atoms with Crippen molar-refractivity contribution in [3.05, 3.63) is 29.8 Å². The first-order valence-electron chi connectivity index (χ1n) is 4.88. The molecule has 0 fully saturated rings. The van der Waals surface area contributed by atoms with E-state index in [4.69, 9.17) is 11.2 Å². The third kappa shape index (κ3) is 3.70.